The van der Waals surface area contributed by atoms with E-state index in [9.17, 15) is 4.79 Å². The number of fused-ring (bicyclic) bond motifs is 1. The van der Waals surface area contributed by atoms with Gasteiger partial charge in [-0.15, -0.1) is 0 Å². The van der Waals surface area contributed by atoms with Gasteiger partial charge in [-0.1, -0.05) is 0 Å². The summed E-state index contributed by atoms with van der Waals surface area (Å²) in [6.45, 7) is 3.75. The molecule has 9 heteroatoms. The van der Waals surface area contributed by atoms with E-state index in [0.717, 1.165) is 55.5 Å². The summed E-state index contributed by atoms with van der Waals surface area (Å²) >= 11 is 0. The number of hydrogen-bond donors (Lipinski definition) is 0. The number of ether oxygens (including phenoxy) is 2. The van der Waals surface area contributed by atoms with Crippen molar-refractivity contribution >= 4 is 17.7 Å². The number of aryl methyl sites for hydroxylation is 1. The smallest absolute Gasteiger partial charge is 0.205 e. The molecule has 0 bridgehead atoms. The molecule has 1 aromatic carbocycles. The largest absolute Gasteiger partial charge is 0.493 e. The molecule has 0 aliphatic carbocycles. The van der Waals surface area contributed by atoms with E-state index in [1.807, 2.05) is 35.5 Å². The molecule has 34 heavy (non-hydrogen) atoms. The van der Waals surface area contributed by atoms with Gasteiger partial charge in [-0.2, -0.15) is 10.2 Å². The highest BCUT2D eigenvalue weighted by atomic mass is 16.5. The second-order valence-electron chi connectivity index (χ2n) is 8.62. The van der Waals surface area contributed by atoms with Crippen LogP contribution in [-0.2, 0) is 11.2 Å². The van der Waals surface area contributed by atoms with Crippen molar-refractivity contribution in [2.45, 2.75) is 25.3 Å². The SMILES string of the molecule is O=c1ccn(-c2ccnc(N3CCOCC3)c2)nc1C1CC=NN1c1ccc2c(c1)CCCO2. The fourth-order valence-electron chi connectivity index (χ4n) is 4.69. The molecule has 0 N–H and O–H groups in total. The Kier molecular flexibility index (Phi) is 5.46. The summed E-state index contributed by atoms with van der Waals surface area (Å²) in [6, 6.07) is 11.3. The predicted octanol–water partition coefficient (Wildman–Crippen LogP) is 2.73. The van der Waals surface area contributed by atoms with Crippen LogP contribution < -0.4 is 20.1 Å². The number of nitrogens with zero attached hydrogens (tertiary/aromatic N) is 6. The zero-order valence-electron chi connectivity index (χ0n) is 18.8. The van der Waals surface area contributed by atoms with Crippen molar-refractivity contribution in [2.24, 2.45) is 5.10 Å². The van der Waals surface area contributed by atoms with E-state index in [-0.39, 0.29) is 11.5 Å². The second-order valence-corrected chi connectivity index (χ2v) is 8.62. The lowest BCUT2D eigenvalue weighted by Crippen LogP contribution is -2.36. The maximum Gasteiger partial charge on any atom is 0.205 e. The van der Waals surface area contributed by atoms with Crippen molar-refractivity contribution in [3.05, 3.63) is 70.3 Å². The van der Waals surface area contributed by atoms with E-state index in [1.165, 1.54) is 5.56 Å². The summed E-state index contributed by atoms with van der Waals surface area (Å²) < 4.78 is 13.0. The van der Waals surface area contributed by atoms with Gasteiger partial charge in [-0.25, -0.2) is 9.67 Å². The first-order valence-corrected chi connectivity index (χ1v) is 11.7. The summed E-state index contributed by atoms with van der Waals surface area (Å²) in [4.78, 5) is 19.6. The number of benzene rings is 1. The molecule has 1 unspecified atom stereocenters. The summed E-state index contributed by atoms with van der Waals surface area (Å²) in [5, 5.41) is 11.2. The Hall–Kier alpha value is -3.72. The molecule has 1 atom stereocenters. The molecule has 3 aliphatic heterocycles. The number of morpholine rings is 1. The van der Waals surface area contributed by atoms with Crippen molar-refractivity contribution in [1.82, 2.24) is 14.8 Å². The van der Waals surface area contributed by atoms with Gasteiger partial charge >= 0.3 is 0 Å². The third-order valence-corrected chi connectivity index (χ3v) is 6.47. The topological polar surface area (TPSA) is 85.1 Å². The fourth-order valence-corrected chi connectivity index (χ4v) is 4.69. The molecule has 6 rings (SSSR count). The van der Waals surface area contributed by atoms with Crippen LogP contribution in [0.3, 0.4) is 0 Å². The quantitative estimate of drug-likeness (QED) is 0.594. The van der Waals surface area contributed by atoms with Crippen LogP contribution in [0.1, 0.15) is 30.1 Å². The third-order valence-electron chi connectivity index (χ3n) is 6.47. The van der Waals surface area contributed by atoms with Crippen LogP contribution in [0.4, 0.5) is 11.5 Å². The number of hydrogen-bond acceptors (Lipinski definition) is 8. The molecular weight excluding hydrogens is 432 g/mol. The van der Waals surface area contributed by atoms with Crippen LogP contribution in [0.25, 0.3) is 5.69 Å². The first kappa shape index (κ1) is 20.9. The first-order chi connectivity index (χ1) is 16.8. The summed E-state index contributed by atoms with van der Waals surface area (Å²) in [6.07, 6.45) is 7.94. The van der Waals surface area contributed by atoms with Gasteiger partial charge in [0.2, 0.25) is 5.43 Å². The molecule has 0 amide bonds. The van der Waals surface area contributed by atoms with Gasteiger partial charge < -0.3 is 14.4 Å². The van der Waals surface area contributed by atoms with Gasteiger partial charge in [-0.3, -0.25) is 9.80 Å². The van der Waals surface area contributed by atoms with Crippen LogP contribution in [0.15, 0.2) is 58.7 Å². The van der Waals surface area contributed by atoms with Crippen molar-refractivity contribution in [1.29, 1.82) is 0 Å². The van der Waals surface area contributed by atoms with E-state index < -0.39 is 0 Å². The summed E-state index contributed by atoms with van der Waals surface area (Å²) in [7, 11) is 0. The average molecular weight is 459 g/mol. The zero-order chi connectivity index (χ0) is 22.9. The molecule has 2 aromatic heterocycles. The van der Waals surface area contributed by atoms with E-state index in [4.69, 9.17) is 14.6 Å². The van der Waals surface area contributed by atoms with Crippen LogP contribution >= 0.6 is 0 Å². The lowest BCUT2D eigenvalue weighted by atomic mass is 10.0. The molecule has 0 radical (unpaired) electrons. The second kappa shape index (κ2) is 8.90. The van der Waals surface area contributed by atoms with Gasteiger partial charge in [0.25, 0.3) is 0 Å². The van der Waals surface area contributed by atoms with Crippen LogP contribution in [0.5, 0.6) is 5.75 Å². The van der Waals surface area contributed by atoms with Crippen molar-refractivity contribution < 1.29 is 9.47 Å². The highest BCUT2D eigenvalue weighted by Gasteiger charge is 2.29. The molecule has 174 valence electrons. The molecule has 5 heterocycles. The lowest BCUT2D eigenvalue weighted by molar-refractivity contribution is 0.122. The maximum absolute atomic E-state index is 12.9. The van der Waals surface area contributed by atoms with Gasteiger partial charge in [-0.05, 0) is 42.7 Å². The Bertz CT molecular complexity index is 1280. The van der Waals surface area contributed by atoms with E-state index in [2.05, 4.69) is 21.1 Å². The maximum atomic E-state index is 12.9. The van der Waals surface area contributed by atoms with E-state index in [1.54, 1.807) is 23.1 Å². The molecule has 0 spiro atoms. The number of pyridine rings is 1. The minimum Gasteiger partial charge on any atom is -0.493 e. The Morgan fingerprint density at radius 3 is 2.82 bits per heavy atom. The minimum atomic E-state index is -0.261. The van der Waals surface area contributed by atoms with Gasteiger partial charge in [0, 0.05) is 50.3 Å². The number of hydrazone groups is 1. The van der Waals surface area contributed by atoms with Gasteiger partial charge in [0.1, 0.15) is 23.3 Å². The molecule has 1 saturated heterocycles. The standard InChI is InChI=1S/C25H26N6O3/c32-22-7-10-30(19-5-8-26-24(17-19)29-11-14-33-15-12-29)28-25(22)21-6-9-27-31(21)20-3-4-23-18(16-20)2-1-13-34-23/h3-5,7-10,16-17,21H,1-2,6,11-15H2. The van der Waals surface area contributed by atoms with Crippen LogP contribution in [0.2, 0.25) is 0 Å². The molecular formula is C25H26N6O3. The fraction of sp³-hybridized carbons (Fsp3) is 0.360. The Labute approximate surface area is 197 Å². The highest BCUT2D eigenvalue weighted by Crippen LogP contribution is 2.35. The first-order valence-electron chi connectivity index (χ1n) is 11.7. The third kappa shape index (κ3) is 3.92. The highest BCUT2D eigenvalue weighted by molar-refractivity contribution is 5.68. The van der Waals surface area contributed by atoms with Crippen LogP contribution in [0, 0.1) is 0 Å². The monoisotopic (exact) mass is 458 g/mol. The van der Waals surface area contributed by atoms with E-state index >= 15 is 0 Å². The lowest BCUT2D eigenvalue weighted by Gasteiger charge is -2.28. The van der Waals surface area contributed by atoms with E-state index in [0.29, 0.717) is 25.3 Å². The van der Waals surface area contributed by atoms with Gasteiger partial charge in [0.15, 0.2) is 0 Å². The number of anilines is 2. The molecule has 3 aliphatic rings. The predicted molar refractivity (Wildman–Crippen MR) is 129 cm³/mol. The Morgan fingerprint density at radius 2 is 1.91 bits per heavy atom. The van der Waals surface area contributed by atoms with Crippen molar-refractivity contribution in [3.8, 4) is 11.4 Å². The number of rotatable bonds is 4. The zero-order valence-corrected chi connectivity index (χ0v) is 18.8. The Morgan fingerprint density at radius 1 is 1.00 bits per heavy atom. The molecule has 9 nitrogen and oxygen atoms in total. The van der Waals surface area contributed by atoms with Crippen molar-refractivity contribution in [2.75, 3.05) is 42.8 Å². The summed E-state index contributed by atoms with van der Waals surface area (Å²) in [5.74, 6) is 1.81. The average Bonchev–Trinajstić information content (AvgIpc) is 3.39. The van der Waals surface area contributed by atoms with Crippen molar-refractivity contribution in [3.63, 3.8) is 0 Å². The Balaban J connectivity index is 1.32. The molecule has 1 fully saturated rings. The summed E-state index contributed by atoms with van der Waals surface area (Å²) in [5.41, 5.74) is 3.35. The van der Waals surface area contributed by atoms with Gasteiger partial charge in [0.05, 0.1) is 31.2 Å². The minimum absolute atomic E-state index is 0.0968. The normalized spacial score (nSPS) is 19.7. The molecule has 3 aromatic rings. The number of aromatic nitrogens is 3. The van der Waals surface area contributed by atoms with Crippen LogP contribution in [-0.4, -0.2) is 53.9 Å². The molecule has 0 saturated carbocycles.